The summed E-state index contributed by atoms with van der Waals surface area (Å²) in [7, 11) is 0. The molecule has 0 aliphatic heterocycles. The average Bonchev–Trinajstić information content (AvgIpc) is 2.05. The zero-order chi connectivity index (χ0) is 9.56. The molecule has 0 saturated carbocycles. The first-order chi connectivity index (χ1) is 5.63. The molecule has 1 heteroatoms. The Morgan fingerprint density at radius 2 is 1.75 bits per heavy atom. The van der Waals surface area contributed by atoms with E-state index in [4.69, 9.17) is 5.73 Å². The van der Waals surface area contributed by atoms with E-state index < -0.39 is 0 Å². The Morgan fingerprint density at radius 3 is 2.08 bits per heavy atom. The van der Waals surface area contributed by atoms with Gasteiger partial charge in [0, 0.05) is 6.04 Å². The molecule has 74 valence electrons. The maximum absolute atomic E-state index is 6.11. The van der Waals surface area contributed by atoms with Crippen LogP contribution in [0.3, 0.4) is 0 Å². The zero-order valence-corrected chi connectivity index (χ0v) is 9.14. The van der Waals surface area contributed by atoms with Gasteiger partial charge >= 0.3 is 0 Å². The molecule has 0 aromatic heterocycles. The topological polar surface area (TPSA) is 26.0 Å². The average molecular weight is 171 g/mol. The van der Waals surface area contributed by atoms with Gasteiger partial charge in [0.2, 0.25) is 0 Å². The van der Waals surface area contributed by atoms with Crippen LogP contribution in [0.2, 0.25) is 0 Å². The molecule has 1 nitrogen and oxygen atoms in total. The van der Waals surface area contributed by atoms with Gasteiger partial charge in [-0.1, -0.05) is 47.0 Å². The Kier molecular flexibility index (Phi) is 6.45. The highest BCUT2D eigenvalue weighted by molar-refractivity contribution is 4.74. The third-order valence-electron chi connectivity index (χ3n) is 2.77. The van der Waals surface area contributed by atoms with Crippen LogP contribution in [-0.4, -0.2) is 6.04 Å². The summed E-state index contributed by atoms with van der Waals surface area (Å²) in [6, 6.07) is 0.404. The lowest BCUT2D eigenvalue weighted by atomic mass is 9.86. The first kappa shape index (κ1) is 12.0. The zero-order valence-electron chi connectivity index (χ0n) is 9.14. The minimum Gasteiger partial charge on any atom is -0.327 e. The second-order valence-corrected chi connectivity index (χ2v) is 4.13. The molecule has 0 aromatic carbocycles. The van der Waals surface area contributed by atoms with Gasteiger partial charge in [-0.15, -0.1) is 0 Å². The molecule has 0 bridgehead atoms. The largest absolute Gasteiger partial charge is 0.327 e. The molecule has 2 N–H and O–H groups in total. The van der Waals surface area contributed by atoms with E-state index in [2.05, 4.69) is 27.7 Å². The predicted octanol–water partition coefficient (Wildman–Crippen LogP) is 3.19. The molecule has 12 heavy (non-hydrogen) atoms. The summed E-state index contributed by atoms with van der Waals surface area (Å²) in [6.07, 6.45) is 5.17. The van der Waals surface area contributed by atoms with Gasteiger partial charge in [0.05, 0.1) is 0 Å². The quantitative estimate of drug-likeness (QED) is 0.652. The van der Waals surface area contributed by atoms with Crippen molar-refractivity contribution >= 4 is 0 Å². The Labute approximate surface area is 77.7 Å². The fourth-order valence-corrected chi connectivity index (χ4v) is 1.68. The molecule has 0 rings (SSSR count). The molecule has 0 fully saturated rings. The molecule has 0 saturated heterocycles. The lowest BCUT2D eigenvalue weighted by Crippen LogP contribution is -2.34. The molecular weight excluding hydrogens is 146 g/mol. The lowest BCUT2D eigenvalue weighted by molar-refractivity contribution is 0.308. The molecule has 0 aliphatic carbocycles. The van der Waals surface area contributed by atoms with E-state index in [-0.39, 0.29) is 0 Å². The minimum atomic E-state index is 0.404. The van der Waals surface area contributed by atoms with Crippen LogP contribution in [0.5, 0.6) is 0 Å². The molecule has 0 aromatic rings. The highest BCUT2D eigenvalue weighted by Crippen LogP contribution is 2.20. The first-order valence-corrected chi connectivity index (χ1v) is 5.39. The van der Waals surface area contributed by atoms with E-state index in [9.17, 15) is 0 Å². The van der Waals surface area contributed by atoms with Crippen LogP contribution in [0.1, 0.15) is 53.4 Å². The summed E-state index contributed by atoms with van der Waals surface area (Å²) in [6.45, 7) is 8.94. The van der Waals surface area contributed by atoms with E-state index in [0.717, 1.165) is 5.92 Å². The Bertz CT molecular complexity index is 99.2. The van der Waals surface area contributed by atoms with Crippen molar-refractivity contribution in [3.63, 3.8) is 0 Å². The molecule has 2 atom stereocenters. The van der Waals surface area contributed by atoms with Gasteiger partial charge in [0.15, 0.2) is 0 Å². The van der Waals surface area contributed by atoms with Gasteiger partial charge in [-0.2, -0.15) is 0 Å². The van der Waals surface area contributed by atoms with Gasteiger partial charge in [-0.3, -0.25) is 0 Å². The van der Waals surface area contributed by atoms with E-state index in [1.807, 2.05) is 0 Å². The van der Waals surface area contributed by atoms with Crippen molar-refractivity contribution in [1.29, 1.82) is 0 Å². The highest BCUT2D eigenvalue weighted by Gasteiger charge is 2.17. The van der Waals surface area contributed by atoms with Crippen LogP contribution in [0.25, 0.3) is 0 Å². The number of rotatable bonds is 6. The molecule has 0 aliphatic rings. The lowest BCUT2D eigenvalue weighted by Gasteiger charge is -2.25. The molecule has 2 unspecified atom stereocenters. The van der Waals surface area contributed by atoms with E-state index in [0.29, 0.717) is 12.0 Å². The van der Waals surface area contributed by atoms with E-state index in [1.165, 1.54) is 25.7 Å². The first-order valence-electron chi connectivity index (χ1n) is 5.39. The monoisotopic (exact) mass is 171 g/mol. The summed E-state index contributed by atoms with van der Waals surface area (Å²) < 4.78 is 0. The Morgan fingerprint density at radius 1 is 1.17 bits per heavy atom. The van der Waals surface area contributed by atoms with Crippen molar-refractivity contribution in [3.05, 3.63) is 0 Å². The van der Waals surface area contributed by atoms with Crippen molar-refractivity contribution in [2.24, 2.45) is 17.6 Å². The number of unbranched alkanes of at least 4 members (excludes halogenated alkanes) is 1. The van der Waals surface area contributed by atoms with Crippen LogP contribution >= 0.6 is 0 Å². The van der Waals surface area contributed by atoms with Gasteiger partial charge in [0.1, 0.15) is 0 Å². The smallest absolute Gasteiger partial charge is 0.00902 e. The van der Waals surface area contributed by atoms with Crippen LogP contribution in [0.15, 0.2) is 0 Å². The molecular formula is C11H25N. The van der Waals surface area contributed by atoms with Crippen molar-refractivity contribution in [1.82, 2.24) is 0 Å². The second kappa shape index (κ2) is 6.47. The van der Waals surface area contributed by atoms with Crippen LogP contribution in [0.4, 0.5) is 0 Å². The standard InChI is InChI=1S/C11H25N/c1-5-7-8-10(6-2)11(12)9(3)4/h9-11H,5-8,12H2,1-4H3. The minimum absolute atomic E-state index is 0.404. The Hall–Kier alpha value is -0.0400. The van der Waals surface area contributed by atoms with Crippen molar-refractivity contribution in [2.45, 2.75) is 59.4 Å². The van der Waals surface area contributed by atoms with Crippen LogP contribution in [-0.2, 0) is 0 Å². The summed E-state index contributed by atoms with van der Waals surface area (Å²) in [5.41, 5.74) is 6.11. The second-order valence-electron chi connectivity index (χ2n) is 4.13. The summed E-state index contributed by atoms with van der Waals surface area (Å²) in [5, 5.41) is 0. The van der Waals surface area contributed by atoms with Gasteiger partial charge < -0.3 is 5.73 Å². The van der Waals surface area contributed by atoms with Gasteiger partial charge in [-0.05, 0) is 18.3 Å². The maximum atomic E-state index is 6.11. The van der Waals surface area contributed by atoms with Crippen LogP contribution < -0.4 is 5.73 Å². The van der Waals surface area contributed by atoms with E-state index >= 15 is 0 Å². The molecule has 0 spiro atoms. The number of nitrogens with two attached hydrogens (primary N) is 1. The van der Waals surface area contributed by atoms with Crippen molar-refractivity contribution in [2.75, 3.05) is 0 Å². The summed E-state index contributed by atoms with van der Waals surface area (Å²) >= 11 is 0. The normalized spacial score (nSPS) is 16.5. The van der Waals surface area contributed by atoms with Crippen LogP contribution in [0, 0.1) is 11.8 Å². The van der Waals surface area contributed by atoms with E-state index in [1.54, 1.807) is 0 Å². The molecule has 0 amide bonds. The third-order valence-corrected chi connectivity index (χ3v) is 2.77. The molecule has 0 radical (unpaired) electrons. The molecule has 0 heterocycles. The van der Waals surface area contributed by atoms with Gasteiger partial charge in [0.25, 0.3) is 0 Å². The third kappa shape index (κ3) is 4.10. The summed E-state index contributed by atoms with van der Waals surface area (Å²) in [5.74, 6) is 1.37. The highest BCUT2D eigenvalue weighted by atomic mass is 14.7. The fourth-order valence-electron chi connectivity index (χ4n) is 1.68. The van der Waals surface area contributed by atoms with Crippen molar-refractivity contribution in [3.8, 4) is 0 Å². The van der Waals surface area contributed by atoms with Crippen molar-refractivity contribution < 1.29 is 0 Å². The predicted molar refractivity (Wildman–Crippen MR) is 56.1 cm³/mol. The fraction of sp³-hybridized carbons (Fsp3) is 1.00. The maximum Gasteiger partial charge on any atom is 0.00902 e. The summed E-state index contributed by atoms with van der Waals surface area (Å²) in [4.78, 5) is 0. The SMILES string of the molecule is CCCCC(CC)C(N)C(C)C. The number of hydrogen-bond donors (Lipinski definition) is 1. The number of hydrogen-bond acceptors (Lipinski definition) is 1. The Balaban J connectivity index is 3.79. The van der Waals surface area contributed by atoms with Gasteiger partial charge in [-0.25, -0.2) is 0 Å².